The number of fused-ring (bicyclic) bond motifs is 1. The Morgan fingerprint density at radius 2 is 1.79 bits per heavy atom. The topological polar surface area (TPSA) is 96.2 Å². The molecule has 8 nitrogen and oxygen atoms in total. The van der Waals surface area contributed by atoms with Gasteiger partial charge in [0, 0.05) is 43.9 Å². The average Bonchev–Trinajstić information content (AvgIpc) is 2.98. The Labute approximate surface area is 194 Å². The SMILES string of the molecule is CN(C)c1ccc(/C=C/C2=[N+](CCCS(=O)(=O)OO)c3ccc(OC=O)cc3C2(C)C)cc1. The summed E-state index contributed by atoms with van der Waals surface area (Å²) in [5.41, 5.74) is 4.55. The second-order valence-corrected chi connectivity index (χ2v) is 10.2. The minimum absolute atomic E-state index is 0.250. The van der Waals surface area contributed by atoms with E-state index in [9.17, 15) is 13.2 Å². The van der Waals surface area contributed by atoms with Gasteiger partial charge in [-0.3, -0.25) is 4.79 Å². The van der Waals surface area contributed by atoms with Gasteiger partial charge in [0.15, 0.2) is 5.71 Å². The predicted molar refractivity (Wildman–Crippen MR) is 128 cm³/mol. The summed E-state index contributed by atoms with van der Waals surface area (Å²) < 4.78 is 33.8. The fourth-order valence-electron chi connectivity index (χ4n) is 4.02. The lowest BCUT2D eigenvalue weighted by atomic mass is 9.81. The zero-order chi connectivity index (χ0) is 24.2. The molecule has 3 rings (SSSR count). The van der Waals surface area contributed by atoms with Gasteiger partial charge in [0.05, 0.1) is 11.2 Å². The molecule has 1 aliphatic heterocycles. The molecular formula is C24H29N2O6S+. The van der Waals surface area contributed by atoms with Crippen LogP contribution in [0.5, 0.6) is 5.75 Å². The Bertz CT molecular complexity index is 1180. The molecule has 0 saturated heterocycles. The largest absolute Gasteiger partial charge is 0.429 e. The summed E-state index contributed by atoms with van der Waals surface area (Å²) in [5.74, 6) is 0.128. The number of ether oxygens (including phenoxy) is 1. The standard InChI is InChI=1S/C24H28N2O6S/c1-24(2)21-16-20(31-17-27)11-12-22(21)26(14-5-15-33(29,30)32-28)23(24)13-8-18-6-9-19(10-7-18)25(3)4/h6-13,16-17H,5,14-15H2,1-4H3/p+1. The molecule has 0 aromatic heterocycles. The lowest BCUT2D eigenvalue weighted by Gasteiger charge is -2.16. The van der Waals surface area contributed by atoms with E-state index in [1.54, 1.807) is 6.07 Å². The van der Waals surface area contributed by atoms with Crippen molar-refractivity contribution in [1.29, 1.82) is 0 Å². The summed E-state index contributed by atoms with van der Waals surface area (Å²) in [4.78, 5) is 12.8. The van der Waals surface area contributed by atoms with Gasteiger partial charge in [-0.15, -0.1) is 4.33 Å². The molecule has 0 radical (unpaired) electrons. The van der Waals surface area contributed by atoms with Crippen molar-refractivity contribution in [3.8, 4) is 5.75 Å². The van der Waals surface area contributed by atoms with E-state index in [4.69, 9.17) is 9.99 Å². The minimum Gasteiger partial charge on any atom is -0.429 e. The second kappa shape index (κ2) is 9.86. The Kier molecular flexibility index (Phi) is 7.36. The van der Waals surface area contributed by atoms with Crippen LogP contribution in [0.15, 0.2) is 48.5 Å². The van der Waals surface area contributed by atoms with Gasteiger partial charge in [-0.2, -0.15) is 13.0 Å². The minimum atomic E-state index is -3.98. The Morgan fingerprint density at radius 3 is 2.39 bits per heavy atom. The van der Waals surface area contributed by atoms with Crippen LogP contribution in [0.4, 0.5) is 11.4 Å². The molecule has 0 aliphatic carbocycles. The van der Waals surface area contributed by atoms with E-state index >= 15 is 0 Å². The van der Waals surface area contributed by atoms with Crippen molar-refractivity contribution in [3.05, 3.63) is 59.7 Å². The first-order chi connectivity index (χ1) is 15.6. The summed E-state index contributed by atoms with van der Waals surface area (Å²) in [6.07, 6.45) is 4.30. The Morgan fingerprint density at radius 1 is 1.09 bits per heavy atom. The van der Waals surface area contributed by atoms with Crippen LogP contribution in [0.25, 0.3) is 6.08 Å². The first-order valence-electron chi connectivity index (χ1n) is 10.5. The normalized spacial score (nSPS) is 15.1. The van der Waals surface area contributed by atoms with Crippen LogP contribution in [0, 0.1) is 0 Å². The van der Waals surface area contributed by atoms with Gasteiger partial charge in [0.1, 0.15) is 12.3 Å². The van der Waals surface area contributed by atoms with E-state index in [2.05, 4.69) is 22.8 Å². The second-order valence-electron chi connectivity index (χ2n) is 8.56. The van der Waals surface area contributed by atoms with Gasteiger partial charge < -0.3 is 9.64 Å². The quantitative estimate of drug-likeness (QED) is 0.244. The van der Waals surface area contributed by atoms with Gasteiger partial charge in [-0.05, 0) is 49.8 Å². The van der Waals surface area contributed by atoms with Crippen molar-refractivity contribution < 1.29 is 32.1 Å². The molecule has 0 fully saturated rings. The van der Waals surface area contributed by atoms with Crippen LogP contribution in [0.1, 0.15) is 31.4 Å². The molecule has 33 heavy (non-hydrogen) atoms. The molecule has 176 valence electrons. The fraction of sp³-hybridized carbons (Fsp3) is 0.333. The molecule has 1 aliphatic rings. The molecule has 0 atom stereocenters. The highest BCUT2D eigenvalue weighted by Crippen LogP contribution is 2.42. The monoisotopic (exact) mass is 473 g/mol. The van der Waals surface area contributed by atoms with Crippen LogP contribution in [0.2, 0.25) is 0 Å². The van der Waals surface area contributed by atoms with Crippen LogP contribution in [-0.4, -0.2) is 56.8 Å². The van der Waals surface area contributed by atoms with Gasteiger partial charge >= 0.3 is 0 Å². The number of hydrogen-bond donors (Lipinski definition) is 1. The molecule has 1 N–H and O–H groups in total. The predicted octanol–water partition coefficient (Wildman–Crippen LogP) is 3.59. The molecule has 0 unspecified atom stereocenters. The molecular weight excluding hydrogens is 444 g/mol. The number of nitrogens with zero attached hydrogens (tertiary/aromatic N) is 2. The molecule has 9 heteroatoms. The van der Waals surface area contributed by atoms with E-state index in [-0.39, 0.29) is 12.2 Å². The van der Waals surface area contributed by atoms with Gasteiger partial charge in [-0.25, -0.2) is 5.26 Å². The van der Waals surface area contributed by atoms with Crippen LogP contribution < -0.4 is 9.64 Å². The first kappa shape index (κ1) is 24.6. The summed E-state index contributed by atoms with van der Waals surface area (Å²) in [6, 6.07) is 13.5. The number of allylic oxidation sites excluding steroid dienone is 1. The molecule has 0 bridgehead atoms. The molecule has 2 aromatic carbocycles. The van der Waals surface area contributed by atoms with E-state index < -0.39 is 15.5 Å². The van der Waals surface area contributed by atoms with E-state index in [1.807, 2.05) is 67.5 Å². The zero-order valence-electron chi connectivity index (χ0n) is 19.2. The van der Waals surface area contributed by atoms with Crippen LogP contribution in [0.3, 0.4) is 0 Å². The highest BCUT2D eigenvalue weighted by molar-refractivity contribution is 7.86. The number of anilines is 1. The number of carbonyl (C=O) groups excluding carboxylic acids is 1. The number of rotatable bonds is 10. The maximum Gasteiger partial charge on any atom is 0.298 e. The number of carbonyl (C=O) groups is 1. The van der Waals surface area contributed by atoms with Crippen molar-refractivity contribution >= 4 is 39.8 Å². The van der Waals surface area contributed by atoms with Gasteiger partial charge in [0.25, 0.3) is 16.6 Å². The first-order valence-corrected chi connectivity index (χ1v) is 12.1. The average molecular weight is 474 g/mol. The summed E-state index contributed by atoms with van der Waals surface area (Å²) in [7, 11) is -0.00139. The van der Waals surface area contributed by atoms with Crippen LogP contribution >= 0.6 is 0 Å². The van der Waals surface area contributed by atoms with Crippen molar-refractivity contribution in [2.24, 2.45) is 0 Å². The number of hydrogen-bond acceptors (Lipinski definition) is 7. The number of benzene rings is 2. The van der Waals surface area contributed by atoms with E-state index in [0.29, 0.717) is 18.8 Å². The van der Waals surface area contributed by atoms with Gasteiger partial charge in [0.2, 0.25) is 5.69 Å². The van der Waals surface area contributed by atoms with Crippen molar-refractivity contribution in [3.63, 3.8) is 0 Å². The van der Waals surface area contributed by atoms with Crippen LogP contribution in [-0.2, 0) is 24.7 Å². The lowest BCUT2D eigenvalue weighted by molar-refractivity contribution is -0.437. The summed E-state index contributed by atoms with van der Waals surface area (Å²) in [5, 5.41) is 8.56. The van der Waals surface area contributed by atoms with E-state index in [1.165, 1.54) is 0 Å². The van der Waals surface area contributed by atoms with Crippen molar-refractivity contribution in [2.75, 3.05) is 31.3 Å². The Hall–Kier alpha value is -3.01. The Balaban J connectivity index is 1.99. The smallest absolute Gasteiger partial charge is 0.298 e. The third-order valence-electron chi connectivity index (χ3n) is 5.78. The third-order valence-corrected chi connectivity index (χ3v) is 6.80. The van der Waals surface area contributed by atoms with E-state index in [0.717, 1.165) is 28.2 Å². The van der Waals surface area contributed by atoms with Gasteiger partial charge in [-0.1, -0.05) is 12.1 Å². The maximum atomic E-state index is 11.6. The third kappa shape index (κ3) is 5.50. The zero-order valence-corrected chi connectivity index (χ0v) is 20.0. The fourth-order valence-corrected chi connectivity index (χ4v) is 4.58. The molecule has 1 heterocycles. The molecule has 2 aromatic rings. The summed E-state index contributed by atoms with van der Waals surface area (Å²) in [6.45, 7) is 4.92. The molecule has 0 amide bonds. The highest BCUT2D eigenvalue weighted by atomic mass is 32.2. The maximum absolute atomic E-state index is 11.6. The van der Waals surface area contributed by atoms with Crippen molar-refractivity contribution in [2.45, 2.75) is 25.7 Å². The molecule has 0 saturated carbocycles. The highest BCUT2D eigenvalue weighted by Gasteiger charge is 2.44. The lowest BCUT2D eigenvalue weighted by Crippen LogP contribution is -2.28. The van der Waals surface area contributed by atoms with Crippen molar-refractivity contribution in [1.82, 2.24) is 0 Å². The summed E-state index contributed by atoms with van der Waals surface area (Å²) >= 11 is 0. The molecule has 0 spiro atoms.